The first-order valence-corrected chi connectivity index (χ1v) is 32.2. The Balaban J connectivity index is -0.0000000366. The molecule has 0 atom stereocenters. The summed E-state index contributed by atoms with van der Waals surface area (Å²) in [4.78, 5) is 3.00. The van der Waals surface area contributed by atoms with Crippen LogP contribution in [0.15, 0.2) is 111 Å². The van der Waals surface area contributed by atoms with Gasteiger partial charge in [0.1, 0.15) is 0 Å². The molecule has 0 aliphatic rings. The molecule has 6 rings (SSSR count). The third-order valence-corrected chi connectivity index (χ3v) is 23.1. The molecule has 0 aliphatic heterocycles. The fourth-order valence-electron chi connectivity index (χ4n) is 6.70. The smallest absolute Gasteiger partial charge is 2.00 e. The fraction of sp³-hybridized carbons (Fsp3) is 0.571. The Morgan fingerprint density at radius 2 is 0.402 bits per heavy atom. The molecule has 0 unspecified atom stereocenters. The van der Waals surface area contributed by atoms with Crippen molar-refractivity contribution in [3.63, 3.8) is 0 Å². The molecule has 0 N–H and O–H groups in total. The molecular formula is C42H84B2Fe6Mo2N18P4S8+4. The molecule has 18 nitrogen and oxygen atoms in total. The SMILES string of the molecule is CC[PH+](CC)CC.CC[PH+](CC)CC.CC[PH+](CC)CC.CC[PH+](CC)CC.[Fe+2].[Fe+2].[Fe+2].[Fe+3].[Fe+3].[Fe+3].[Mo+2].[Mo+3].[N-]=[N+]=[N-].[N-]=[N+]=[N-].[S-2].[S-2].[S-2].[S-2].[S-2].[S-2].[S-2].[S-2].c1cnn([BH-](n2cccn2)n2cccn2)c1.c1cnn([BH-](n2cccn2)n2cccn2)c1. The van der Waals surface area contributed by atoms with Crippen molar-refractivity contribution in [2.75, 3.05) is 73.9 Å². The van der Waals surface area contributed by atoms with Crippen LogP contribution in [0, 0.1) is 0 Å². The summed E-state index contributed by atoms with van der Waals surface area (Å²) in [5.41, 5.74) is 27.0. The van der Waals surface area contributed by atoms with Crippen molar-refractivity contribution in [2.45, 2.75) is 83.1 Å². The monoisotopic (exact) mass is 1770 g/mol. The zero-order chi connectivity index (χ0) is 49.8. The van der Waals surface area contributed by atoms with Gasteiger partial charge in [0.05, 0.1) is 73.9 Å². The first-order valence-electron chi connectivity index (χ1n) is 23.7. The van der Waals surface area contributed by atoms with Crippen LogP contribution >= 0.6 is 31.7 Å². The van der Waals surface area contributed by atoms with Crippen LogP contribution in [-0.4, -0.2) is 146 Å². The molecule has 0 amide bonds. The number of hydrogen-bond acceptors (Lipinski definition) is 6. The molecule has 0 spiro atoms. The van der Waals surface area contributed by atoms with Gasteiger partial charge in [0.2, 0.25) is 0 Å². The summed E-state index contributed by atoms with van der Waals surface area (Å²) >= 11 is 0. The molecule has 0 fully saturated rings. The Morgan fingerprint density at radius 1 is 0.305 bits per heavy atom. The summed E-state index contributed by atoms with van der Waals surface area (Å²) < 4.78 is 11.2. The maximum atomic E-state index is 6.75. The molecule has 82 heavy (non-hydrogen) atoms. The maximum absolute atomic E-state index is 6.75. The minimum atomic E-state index is -1.12. The molecule has 0 aromatic carbocycles. The van der Waals surface area contributed by atoms with E-state index in [0.717, 1.165) is 0 Å². The molecule has 472 valence electrons. The van der Waals surface area contributed by atoms with Crippen LogP contribution < -0.4 is 0 Å². The Labute approximate surface area is 648 Å². The molecule has 0 saturated carbocycles. The van der Waals surface area contributed by atoms with Gasteiger partial charge in [0.15, 0.2) is 0 Å². The van der Waals surface area contributed by atoms with Gasteiger partial charge in [-0.2, -0.15) is 0 Å². The quantitative estimate of drug-likeness (QED) is 0.0267. The van der Waals surface area contributed by atoms with E-state index in [9.17, 15) is 0 Å². The van der Waals surface area contributed by atoms with Gasteiger partial charge < -0.3 is 158 Å². The third kappa shape index (κ3) is 64.5. The molecule has 0 aliphatic carbocycles. The zero-order valence-corrected chi connectivity index (χ0v) is 69.7. The maximum Gasteiger partial charge on any atom is 3.00 e. The van der Waals surface area contributed by atoms with Crippen LogP contribution in [0.4, 0.5) is 0 Å². The molecule has 0 saturated heterocycles. The Hall–Kier alpha value is 3.02. The summed E-state index contributed by atoms with van der Waals surface area (Å²) in [5, 5.41) is 25.6. The Bertz CT molecular complexity index is 1600. The largest absolute Gasteiger partial charge is 3.00 e. The predicted octanol–water partition coefficient (Wildman–Crippen LogP) is 10.6. The van der Waals surface area contributed by atoms with E-state index in [1.807, 2.05) is 101 Å². The van der Waals surface area contributed by atoms with Gasteiger partial charge in [-0.15, -0.1) is 0 Å². The van der Waals surface area contributed by atoms with Gasteiger partial charge in [-0.1, -0.05) is 0 Å². The van der Waals surface area contributed by atoms with E-state index in [-0.39, 0.29) is 284 Å². The standard InChI is InChI=1S/2C9H10BN6.4C6H15P.6Fe.2Mo.2N3.8S/c2*1-4-11-14(7-1)10(15-8-2-5-12-15)16-9-3-6-13-16;4*1-4-7(5-2)6-3;;;;;;;;;2*1-3-2;;;;;;;;/h2*1-10H;4*4-6H2,1-3H3;;;;;;;;;;;;;;;;;;/q2*-1;;;;;3*+2;3*+3;+2;+3;2*-1;8*-2/p+4. The average Bonchev–Trinajstić information content (AvgIpc) is 4.21. The van der Waals surface area contributed by atoms with E-state index in [1.54, 1.807) is 37.2 Å². The molecule has 0 bridgehead atoms. The summed E-state index contributed by atoms with van der Waals surface area (Å²) in [6.07, 6.45) is 39.5. The van der Waals surface area contributed by atoms with Crippen LogP contribution in [0.25, 0.3) is 31.9 Å². The van der Waals surface area contributed by atoms with E-state index in [1.165, 1.54) is 83.8 Å². The van der Waals surface area contributed by atoms with Crippen molar-refractivity contribution >= 4 is 154 Å². The second-order valence-corrected chi connectivity index (χ2v) is 29.0. The van der Waals surface area contributed by atoms with Crippen LogP contribution in [0.5, 0.6) is 0 Å². The van der Waals surface area contributed by atoms with Crippen LogP contribution in [0.1, 0.15) is 83.1 Å². The minimum Gasteiger partial charge on any atom is -2.00 e. The molecular weight excluding hydrogens is 1690 g/mol. The van der Waals surface area contributed by atoms with E-state index < -0.39 is 14.2 Å². The molecule has 40 heteroatoms. The van der Waals surface area contributed by atoms with E-state index >= 15 is 0 Å². The van der Waals surface area contributed by atoms with E-state index in [4.69, 9.17) is 22.1 Å². The van der Waals surface area contributed by atoms with Crippen LogP contribution in [0.2, 0.25) is 0 Å². The second kappa shape index (κ2) is 97.6. The molecule has 6 heterocycles. The molecule has 6 aromatic rings. The summed E-state index contributed by atoms with van der Waals surface area (Å²) in [6.45, 7) is 27.7. The molecule has 6 aromatic heterocycles. The second-order valence-electron chi connectivity index (χ2n) is 14.5. The zero-order valence-electron chi connectivity index (χ0n) is 48.5. The Kier molecular flexibility index (Phi) is 159. The van der Waals surface area contributed by atoms with Crippen LogP contribution in [-0.2, 0) is 253 Å². The van der Waals surface area contributed by atoms with Gasteiger partial charge in [-0.25, -0.2) is 30.6 Å². The van der Waals surface area contributed by atoms with E-state index in [0.29, 0.717) is 0 Å². The number of rotatable bonds is 18. The number of nitrogens with zero attached hydrogens (tertiary/aromatic N) is 18. The summed E-state index contributed by atoms with van der Waals surface area (Å²) in [5.74, 6) is 0. The summed E-state index contributed by atoms with van der Waals surface area (Å²) in [6, 6.07) is 11.4. The van der Waals surface area contributed by atoms with Crippen molar-refractivity contribution in [3.05, 3.63) is 143 Å². The topological polar surface area (TPSA) is 224 Å². The normalized spacial score (nSPS) is 8.02. The predicted molar refractivity (Wildman–Crippen MR) is 359 cm³/mol. The van der Waals surface area contributed by atoms with Gasteiger partial charge in [-0.3, -0.25) is 9.82 Å². The van der Waals surface area contributed by atoms with Crippen molar-refractivity contribution in [1.82, 2.24) is 58.1 Å². The molecule has 4 radical (unpaired) electrons. The van der Waals surface area contributed by atoms with Gasteiger partial charge in [-0.05, 0) is 188 Å². The Morgan fingerprint density at radius 3 is 0.451 bits per heavy atom. The van der Waals surface area contributed by atoms with Gasteiger partial charge >= 0.3 is 159 Å². The van der Waals surface area contributed by atoms with Gasteiger partial charge in [0, 0.05) is 37.2 Å². The summed E-state index contributed by atoms with van der Waals surface area (Å²) in [7, 11) is -1.70. The first kappa shape index (κ1) is 134. The van der Waals surface area contributed by atoms with E-state index in [2.05, 4.69) is 114 Å². The minimum absolute atomic E-state index is 0. The fourth-order valence-corrected chi connectivity index (χ4v) is 12.7. The third-order valence-electron chi connectivity index (χ3n) is 11.1. The van der Waals surface area contributed by atoms with Crippen molar-refractivity contribution in [1.29, 1.82) is 0 Å². The average molecular weight is 1770 g/mol. The number of hydrogen-bond donors (Lipinski definition) is 0. The first-order chi connectivity index (χ1) is 32.1. The van der Waals surface area contributed by atoms with Crippen molar-refractivity contribution in [2.24, 2.45) is 0 Å². The van der Waals surface area contributed by atoms with Crippen molar-refractivity contribution < 1.29 is 145 Å². The van der Waals surface area contributed by atoms with Crippen molar-refractivity contribution in [3.8, 4) is 0 Å². The van der Waals surface area contributed by atoms with Gasteiger partial charge in [0.25, 0.3) is 0 Å². The number of aromatic nitrogens is 12. The van der Waals surface area contributed by atoms with Crippen LogP contribution in [0.3, 0.4) is 0 Å².